The summed E-state index contributed by atoms with van der Waals surface area (Å²) in [4.78, 5) is 14.8. The first-order chi connectivity index (χ1) is 6.75. The first-order valence-electron chi connectivity index (χ1n) is 5.04. The van der Waals surface area contributed by atoms with E-state index >= 15 is 0 Å². The lowest BCUT2D eigenvalue weighted by molar-refractivity contribution is -0.117. The van der Waals surface area contributed by atoms with Crippen LogP contribution in [0.5, 0.6) is 0 Å². The van der Waals surface area contributed by atoms with Gasteiger partial charge in [-0.3, -0.25) is 9.69 Å². The summed E-state index contributed by atoms with van der Waals surface area (Å²) in [5, 5.41) is 2.11. The smallest absolute Gasteiger partial charge is 0.148 e. The van der Waals surface area contributed by atoms with Gasteiger partial charge >= 0.3 is 0 Å². The molecule has 0 bridgehead atoms. The molecule has 2 nitrogen and oxygen atoms in total. The molecule has 1 atom stereocenters. The van der Waals surface area contributed by atoms with Gasteiger partial charge in [-0.2, -0.15) is 0 Å². The van der Waals surface area contributed by atoms with Gasteiger partial charge in [-0.15, -0.1) is 11.3 Å². The van der Waals surface area contributed by atoms with Crippen LogP contribution in [0.25, 0.3) is 0 Å². The predicted octanol–water partition coefficient (Wildman–Crippen LogP) is 1.95. The van der Waals surface area contributed by atoms with Gasteiger partial charge in [-0.25, -0.2) is 0 Å². The quantitative estimate of drug-likeness (QED) is 0.758. The highest BCUT2D eigenvalue weighted by Gasteiger charge is 2.23. The predicted molar refractivity (Wildman–Crippen MR) is 58.7 cm³/mol. The van der Waals surface area contributed by atoms with Crippen molar-refractivity contribution in [2.24, 2.45) is 0 Å². The fraction of sp³-hybridized carbons (Fsp3) is 0.545. The summed E-state index contributed by atoms with van der Waals surface area (Å²) in [6.45, 7) is 3.82. The van der Waals surface area contributed by atoms with Gasteiger partial charge in [0.1, 0.15) is 5.78 Å². The molecule has 0 N–H and O–H groups in total. The van der Waals surface area contributed by atoms with Gasteiger partial charge in [0, 0.05) is 23.9 Å². The van der Waals surface area contributed by atoms with Gasteiger partial charge < -0.3 is 0 Å². The van der Waals surface area contributed by atoms with Crippen molar-refractivity contribution < 1.29 is 4.79 Å². The Kier molecular flexibility index (Phi) is 2.99. The molecule has 3 heteroatoms. The van der Waals surface area contributed by atoms with Crippen molar-refractivity contribution in [1.29, 1.82) is 0 Å². The van der Waals surface area contributed by atoms with Crippen LogP contribution in [0.1, 0.15) is 18.2 Å². The van der Waals surface area contributed by atoms with Crippen LogP contribution < -0.4 is 0 Å². The van der Waals surface area contributed by atoms with E-state index in [1.54, 1.807) is 11.3 Å². The van der Waals surface area contributed by atoms with E-state index in [4.69, 9.17) is 0 Å². The number of ketones is 1. The van der Waals surface area contributed by atoms with E-state index in [9.17, 15) is 4.79 Å². The second-order valence-corrected chi connectivity index (χ2v) is 4.92. The average Bonchev–Trinajstić information content (AvgIpc) is 2.75. The molecule has 1 unspecified atom stereocenters. The van der Waals surface area contributed by atoms with E-state index in [1.807, 2.05) is 0 Å². The van der Waals surface area contributed by atoms with E-state index in [0.29, 0.717) is 18.4 Å². The maximum atomic E-state index is 11.1. The minimum atomic E-state index is 0.392. The largest absolute Gasteiger partial charge is 0.298 e. The Labute approximate surface area is 88.5 Å². The summed E-state index contributed by atoms with van der Waals surface area (Å²) in [6, 6.07) is 4.75. The number of hydrogen-bond acceptors (Lipinski definition) is 3. The second-order valence-electron chi connectivity index (χ2n) is 3.89. The molecule has 0 spiro atoms. The zero-order valence-corrected chi connectivity index (χ0v) is 9.22. The lowest BCUT2D eigenvalue weighted by Gasteiger charge is -2.22. The third-order valence-electron chi connectivity index (χ3n) is 2.76. The molecular formula is C11H15NOS. The van der Waals surface area contributed by atoms with Crippen LogP contribution in [0, 0.1) is 0 Å². The summed E-state index contributed by atoms with van der Waals surface area (Å²) in [5.74, 6) is 0.392. The van der Waals surface area contributed by atoms with E-state index in [0.717, 1.165) is 19.4 Å². The highest BCUT2D eigenvalue weighted by atomic mass is 32.1. The van der Waals surface area contributed by atoms with Crippen molar-refractivity contribution in [3.8, 4) is 0 Å². The molecule has 0 amide bonds. The van der Waals surface area contributed by atoms with Crippen molar-refractivity contribution in [3.05, 3.63) is 22.4 Å². The summed E-state index contributed by atoms with van der Waals surface area (Å²) in [5.41, 5.74) is 0. The number of rotatable bonds is 3. The standard InChI is InChI=1S/C11H15NOS/c1-9(7-11-3-2-6-14-11)12-5-4-10(13)8-12/h2-3,6,9H,4-5,7-8H2,1H3. The van der Waals surface area contributed by atoms with Crippen LogP contribution >= 0.6 is 11.3 Å². The van der Waals surface area contributed by atoms with Gasteiger partial charge in [0.2, 0.25) is 0 Å². The Morgan fingerprint density at radius 1 is 1.64 bits per heavy atom. The van der Waals surface area contributed by atoms with E-state index < -0.39 is 0 Å². The van der Waals surface area contributed by atoms with Crippen LogP contribution in [0.2, 0.25) is 0 Å². The molecule has 2 heterocycles. The number of hydrogen-bond donors (Lipinski definition) is 0. The molecule has 0 aliphatic carbocycles. The van der Waals surface area contributed by atoms with E-state index in [2.05, 4.69) is 29.3 Å². The normalized spacial score (nSPS) is 20.2. The molecule has 1 fully saturated rings. The topological polar surface area (TPSA) is 20.3 Å². The van der Waals surface area contributed by atoms with E-state index in [-0.39, 0.29) is 0 Å². The van der Waals surface area contributed by atoms with Crippen LogP contribution in [0.3, 0.4) is 0 Å². The minimum Gasteiger partial charge on any atom is -0.298 e. The lowest BCUT2D eigenvalue weighted by atomic mass is 10.2. The van der Waals surface area contributed by atoms with Crippen LogP contribution in [-0.2, 0) is 11.2 Å². The molecule has 1 saturated heterocycles. The Bertz CT molecular complexity index is 307. The zero-order chi connectivity index (χ0) is 9.97. The lowest BCUT2D eigenvalue weighted by Crippen LogP contribution is -2.32. The molecular weight excluding hydrogens is 194 g/mol. The Morgan fingerprint density at radius 2 is 2.50 bits per heavy atom. The summed E-state index contributed by atoms with van der Waals surface area (Å²) >= 11 is 1.80. The first kappa shape index (κ1) is 9.87. The third-order valence-corrected chi connectivity index (χ3v) is 3.66. The Hall–Kier alpha value is -0.670. The fourth-order valence-electron chi connectivity index (χ4n) is 1.88. The van der Waals surface area contributed by atoms with Gasteiger partial charge in [-0.1, -0.05) is 6.07 Å². The van der Waals surface area contributed by atoms with Crippen molar-refractivity contribution in [1.82, 2.24) is 4.90 Å². The van der Waals surface area contributed by atoms with Crippen molar-refractivity contribution in [3.63, 3.8) is 0 Å². The summed E-state index contributed by atoms with van der Waals surface area (Å²) in [6.07, 6.45) is 1.82. The highest BCUT2D eigenvalue weighted by molar-refractivity contribution is 7.09. The van der Waals surface area contributed by atoms with Gasteiger partial charge in [0.25, 0.3) is 0 Å². The Balaban J connectivity index is 1.89. The molecule has 0 aromatic carbocycles. The average molecular weight is 209 g/mol. The first-order valence-corrected chi connectivity index (χ1v) is 5.92. The highest BCUT2D eigenvalue weighted by Crippen LogP contribution is 2.16. The maximum Gasteiger partial charge on any atom is 0.148 e. The second kappa shape index (κ2) is 4.24. The number of nitrogens with zero attached hydrogens (tertiary/aromatic N) is 1. The molecule has 76 valence electrons. The molecule has 2 rings (SSSR count). The van der Waals surface area contributed by atoms with Crippen LogP contribution in [0.15, 0.2) is 17.5 Å². The van der Waals surface area contributed by atoms with Gasteiger partial charge in [0.05, 0.1) is 6.54 Å². The molecule has 0 saturated carbocycles. The third kappa shape index (κ3) is 2.22. The number of Topliss-reactive ketones (excluding diaryl/α,β-unsaturated/α-hetero) is 1. The van der Waals surface area contributed by atoms with Gasteiger partial charge in [0.15, 0.2) is 0 Å². The summed E-state index contributed by atoms with van der Waals surface area (Å²) in [7, 11) is 0. The summed E-state index contributed by atoms with van der Waals surface area (Å²) < 4.78 is 0. The monoisotopic (exact) mass is 209 g/mol. The minimum absolute atomic E-state index is 0.392. The molecule has 14 heavy (non-hydrogen) atoms. The SMILES string of the molecule is CC(Cc1cccs1)N1CCC(=O)C1. The number of carbonyl (C=O) groups is 1. The number of thiophene rings is 1. The fourth-order valence-corrected chi connectivity index (χ4v) is 2.70. The van der Waals surface area contributed by atoms with Gasteiger partial charge in [-0.05, 0) is 24.8 Å². The molecule has 1 aromatic heterocycles. The molecule has 1 aliphatic heterocycles. The van der Waals surface area contributed by atoms with E-state index in [1.165, 1.54) is 4.88 Å². The number of carbonyl (C=O) groups excluding carboxylic acids is 1. The molecule has 1 aliphatic rings. The Morgan fingerprint density at radius 3 is 3.07 bits per heavy atom. The van der Waals surface area contributed by atoms with Crippen LogP contribution in [0.4, 0.5) is 0 Å². The van der Waals surface area contributed by atoms with Crippen LogP contribution in [-0.4, -0.2) is 29.8 Å². The maximum absolute atomic E-state index is 11.1. The molecule has 1 aromatic rings. The molecule has 0 radical (unpaired) electrons. The van der Waals surface area contributed by atoms with Crippen molar-refractivity contribution >= 4 is 17.1 Å². The number of likely N-dealkylation sites (tertiary alicyclic amines) is 1. The van der Waals surface area contributed by atoms with Crippen molar-refractivity contribution in [2.75, 3.05) is 13.1 Å². The van der Waals surface area contributed by atoms with Crippen molar-refractivity contribution in [2.45, 2.75) is 25.8 Å². The zero-order valence-electron chi connectivity index (χ0n) is 8.40.